The summed E-state index contributed by atoms with van der Waals surface area (Å²) >= 11 is 0. The monoisotopic (exact) mass is 346 g/mol. The number of carbonyl (C=O) groups is 1. The number of guanidine groups is 1. The van der Waals surface area contributed by atoms with Gasteiger partial charge >= 0.3 is 11.6 Å². The minimum atomic E-state index is -0.762. The molecule has 0 saturated heterocycles. The fourth-order valence-electron chi connectivity index (χ4n) is 2.30. The maximum atomic E-state index is 12.1. The first-order valence-corrected chi connectivity index (χ1v) is 7.88. The number of nitrogens with zero attached hydrogens (tertiary/aromatic N) is 1. The van der Waals surface area contributed by atoms with Gasteiger partial charge in [-0.15, -0.1) is 0 Å². The van der Waals surface area contributed by atoms with Crippen molar-refractivity contribution in [3.05, 3.63) is 40.2 Å². The summed E-state index contributed by atoms with van der Waals surface area (Å²) in [4.78, 5) is 27.3. The molecule has 2 rings (SSSR count). The van der Waals surface area contributed by atoms with Crippen molar-refractivity contribution in [2.24, 2.45) is 16.5 Å². The van der Waals surface area contributed by atoms with E-state index in [0.717, 1.165) is 10.9 Å². The molecular weight excluding hydrogens is 324 g/mol. The number of esters is 1. The van der Waals surface area contributed by atoms with Crippen molar-refractivity contribution in [3.63, 3.8) is 0 Å². The molecule has 0 amide bonds. The first kappa shape index (κ1) is 18.5. The van der Waals surface area contributed by atoms with Crippen molar-refractivity contribution < 1.29 is 13.9 Å². The molecule has 8 heteroatoms. The molecule has 1 aromatic carbocycles. The van der Waals surface area contributed by atoms with Crippen LogP contribution >= 0.6 is 0 Å². The average Bonchev–Trinajstić information content (AvgIpc) is 2.57. The van der Waals surface area contributed by atoms with Crippen molar-refractivity contribution in [1.29, 1.82) is 0 Å². The van der Waals surface area contributed by atoms with Gasteiger partial charge in [-0.25, -0.2) is 9.59 Å². The largest absolute Gasteiger partial charge is 0.425 e. The lowest BCUT2D eigenvalue weighted by Crippen LogP contribution is -2.36. The van der Waals surface area contributed by atoms with Crippen LogP contribution in [0.5, 0.6) is 5.75 Å². The maximum absolute atomic E-state index is 12.1. The van der Waals surface area contributed by atoms with Gasteiger partial charge in [0.05, 0.1) is 0 Å². The van der Waals surface area contributed by atoms with Gasteiger partial charge in [0.1, 0.15) is 17.4 Å². The number of nitrogens with two attached hydrogens (primary N) is 2. The molecule has 25 heavy (non-hydrogen) atoms. The summed E-state index contributed by atoms with van der Waals surface area (Å²) in [7, 11) is 1.58. The van der Waals surface area contributed by atoms with E-state index in [2.05, 4.69) is 10.3 Å². The minimum Gasteiger partial charge on any atom is -0.425 e. The van der Waals surface area contributed by atoms with E-state index in [0.29, 0.717) is 30.9 Å². The molecule has 1 atom stereocenters. The Morgan fingerprint density at radius 2 is 2.16 bits per heavy atom. The summed E-state index contributed by atoms with van der Waals surface area (Å²) in [5, 5.41) is 3.67. The Morgan fingerprint density at radius 3 is 2.88 bits per heavy atom. The second-order valence-electron chi connectivity index (χ2n) is 5.61. The summed E-state index contributed by atoms with van der Waals surface area (Å²) in [6.45, 7) is 2.37. The van der Waals surface area contributed by atoms with Gasteiger partial charge in [0.25, 0.3) is 0 Å². The molecule has 1 heterocycles. The summed E-state index contributed by atoms with van der Waals surface area (Å²) in [6, 6.07) is 5.53. The molecule has 0 aliphatic carbocycles. The summed E-state index contributed by atoms with van der Waals surface area (Å²) in [5.41, 5.74) is 12.0. The SMILES string of the molecule is CN=C(N)NCCC[C@H](N)C(=O)Oc1ccc2c(C)cc(=O)oc2c1. The normalized spacial score (nSPS) is 12.8. The Morgan fingerprint density at radius 1 is 1.40 bits per heavy atom. The zero-order chi connectivity index (χ0) is 18.4. The highest BCUT2D eigenvalue weighted by Gasteiger charge is 2.16. The number of hydrogen-bond acceptors (Lipinski definition) is 6. The highest BCUT2D eigenvalue weighted by molar-refractivity contribution is 5.83. The van der Waals surface area contributed by atoms with Gasteiger partial charge in [0.15, 0.2) is 5.96 Å². The highest BCUT2D eigenvalue weighted by atomic mass is 16.5. The molecular formula is C17H22N4O4. The van der Waals surface area contributed by atoms with Crippen LogP contribution < -0.4 is 27.1 Å². The average molecular weight is 346 g/mol. The summed E-state index contributed by atoms with van der Waals surface area (Å²) in [6.07, 6.45) is 1.07. The van der Waals surface area contributed by atoms with E-state index in [-0.39, 0.29) is 5.75 Å². The molecule has 0 spiro atoms. The second kappa shape index (κ2) is 8.29. The van der Waals surface area contributed by atoms with Gasteiger partial charge in [-0.3, -0.25) is 4.99 Å². The number of carbonyl (C=O) groups excluding carboxylic acids is 1. The lowest BCUT2D eigenvalue weighted by Gasteiger charge is -2.12. The molecule has 0 aliphatic heterocycles. The van der Waals surface area contributed by atoms with Gasteiger partial charge in [-0.05, 0) is 37.5 Å². The molecule has 0 bridgehead atoms. The number of nitrogens with one attached hydrogen (secondary N) is 1. The summed E-state index contributed by atoms with van der Waals surface area (Å²) in [5.74, 6) is 0.0674. The van der Waals surface area contributed by atoms with E-state index < -0.39 is 17.6 Å². The Bertz CT molecular complexity index is 844. The Balaban J connectivity index is 1.95. The van der Waals surface area contributed by atoms with Gasteiger partial charge in [0, 0.05) is 31.1 Å². The predicted octanol–water partition coefficient (Wildman–Crippen LogP) is 0.648. The zero-order valence-electron chi connectivity index (χ0n) is 14.2. The van der Waals surface area contributed by atoms with Crippen LogP contribution in [0.3, 0.4) is 0 Å². The first-order chi connectivity index (χ1) is 11.9. The Kier molecular flexibility index (Phi) is 6.13. The number of rotatable bonds is 6. The van der Waals surface area contributed by atoms with E-state index in [1.165, 1.54) is 12.1 Å². The van der Waals surface area contributed by atoms with Crippen molar-refractivity contribution in [1.82, 2.24) is 5.32 Å². The molecule has 2 aromatic rings. The first-order valence-electron chi connectivity index (χ1n) is 7.88. The summed E-state index contributed by atoms with van der Waals surface area (Å²) < 4.78 is 10.4. The fraction of sp³-hybridized carbons (Fsp3) is 0.353. The lowest BCUT2D eigenvalue weighted by atomic mass is 10.1. The smallest absolute Gasteiger partial charge is 0.336 e. The van der Waals surface area contributed by atoms with Crippen LogP contribution in [-0.2, 0) is 4.79 Å². The predicted molar refractivity (Wildman–Crippen MR) is 95.6 cm³/mol. The minimum absolute atomic E-state index is 0.280. The van der Waals surface area contributed by atoms with Crippen LogP contribution in [0, 0.1) is 6.92 Å². The van der Waals surface area contributed by atoms with Crippen LogP contribution in [0.25, 0.3) is 11.0 Å². The maximum Gasteiger partial charge on any atom is 0.336 e. The van der Waals surface area contributed by atoms with Crippen molar-refractivity contribution in [2.45, 2.75) is 25.8 Å². The molecule has 1 aromatic heterocycles. The lowest BCUT2D eigenvalue weighted by molar-refractivity contribution is -0.136. The highest BCUT2D eigenvalue weighted by Crippen LogP contribution is 2.22. The Hall–Kier alpha value is -2.87. The third-order valence-electron chi connectivity index (χ3n) is 3.68. The van der Waals surface area contributed by atoms with E-state index in [4.69, 9.17) is 20.6 Å². The van der Waals surface area contributed by atoms with Crippen molar-refractivity contribution in [3.8, 4) is 5.75 Å². The van der Waals surface area contributed by atoms with Crippen LogP contribution in [0.4, 0.5) is 0 Å². The van der Waals surface area contributed by atoms with Crippen LogP contribution in [0.15, 0.2) is 38.5 Å². The quantitative estimate of drug-likeness (QED) is 0.175. The Labute approximate surface area is 144 Å². The van der Waals surface area contributed by atoms with Crippen molar-refractivity contribution >= 4 is 22.9 Å². The standard InChI is InChI=1S/C17H22N4O4/c1-10-8-15(22)25-14-9-11(5-6-12(10)14)24-16(23)13(18)4-3-7-21-17(19)20-2/h5-6,8-9,13H,3-4,7,18H2,1-2H3,(H3,19,20,21)/t13-/m0/s1. The van der Waals surface area contributed by atoms with Crippen LogP contribution in [0.1, 0.15) is 18.4 Å². The molecule has 0 fully saturated rings. The number of aliphatic imine (C=N–C) groups is 1. The number of ether oxygens (including phenoxy) is 1. The van der Waals surface area contributed by atoms with E-state index >= 15 is 0 Å². The molecule has 8 nitrogen and oxygen atoms in total. The molecule has 0 aliphatic rings. The van der Waals surface area contributed by atoms with Crippen LogP contribution in [0.2, 0.25) is 0 Å². The van der Waals surface area contributed by atoms with E-state index in [9.17, 15) is 9.59 Å². The topological polar surface area (TPSA) is 133 Å². The number of benzene rings is 1. The molecule has 0 saturated carbocycles. The van der Waals surface area contributed by atoms with Crippen LogP contribution in [-0.4, -0.2) is 31.6 Å². The molecule has 0 radical (unpaired) electrons. The number of aryl methyl sites for hydroxylation is 1. The number of hydrogen-bond donors (Lipinski definition) is 3. The van der Waals surface area contributed by atoms with E-state index in [1.807, 2.05) is 6.92 Å². The van der Waals surface area contributed by atoms with E-state index in [1.54, 1.807) is 19.2 Å². The second-order valence-corrected chi connectivity index (χ2v) is 5.61. The zero-order valence-corrected chi connectivity index (χ0v) is 14.2. The molecule has 0 unspecified atom stereocenters. The molecule has 134 valence electrons. The fourth-order valence-corrected chi connectivity index (χ4v) is 2.30. The van der Waals surface area contributed by atoms with Crippen molar-refractivity contribution in [2.75, 3.05) is 13.6 Å². The number of fused-ring (bicyclic) bond motifs is 1. The van der Waals surface area contributed by atoms with Gasteiger partial charge < -0.3 is 25.9 Å². The molecule has 5 N–H and O–H groups in total. The third-order valence-corrected chi connectivity index (χ3v) is 3.68. The van der Waals surface area contributed by atoms with Gasteiger partial charge in [-0.2, -0.15) is 0 Å². The van der Waals surface area contributed by atoms with Gasteiger partial charge in [0.2, 0.25) is 0 Å². The van der Waals surface area contributed by atoms with Gasteiger partial charge in [-0.1, -0.05) is 0 Å². The third kappa shape index (κ3) is 5.05.